The summed E-state index contributed by atoms with van der Waals surface area (Å²) in [5.74, 6) is 0. The molecule has 0 saturated carbocycles. The highest BCUT2D eigenvalue weighted by atomic mass is 15.1. The van der Waals surface area contributed by atoms with E-state index < -0.39 is 5.41 Å². The topological polar surface area (TPSA) is 8.17 Å². The molecule has 1 heterocycles. The highest BCUT2D eigenvalue weighted by Gasteiger charge is 2.51. The molecule has 0 radical (unpaired) electrons. The normalized spacial score (nSPS) is 13.2. The van der Waals surface area contributed by atoms with Gasteiger partial charge in [0.25, 0.3) is 0 Å². The standard InChI is InChI=1S/C55H44N2/c1-3-14-37-24-32-53-47(34-37)48-35-38(15-4-2)25-33-54(48)57(53)41-28-26-40(27-29-41)56(39-16-6-5-7-17-39)42-30-31-46-45-20-10-13-23-51(45)55(52(46)36-42)49-21-11-8-18-43(49)44-19-9-12-22-50(44)55/h5-13,16-36H,3-4,14-15H2,1-2H3. The lowest BCUT2D eigenvalue weighted by atomic mass is 9.70. The number of para-hydroxylation sites is 1. The summed E-state index contributed by atoms with van der Waals surface area (Å²) >= 11 is 0. The predicted octanol–water partition coefficient (Wildman–Crippen LogP) is 14.5. The van der Waals surface area contributed by atoms with Crippen LogP contribution in [0, 0.1) is 0 Å². The predicted molar refractivity (Wildman–Crippen MR) is 240 cm³/mol. The van der Waals surface area contributed by atoms with E-state index in [0.717, 1.165) is 42.7 Å². The molecular weight excluding hydrogens is 689 g/mol. The van der Waals surface area contributed by atoms with E-state index in [9.17, 15) is 0 Å². The fourth-order valence-corrected chi connectivity index (χ4v) is 10.3. The van der Waals surface area contributed by atoms with Crippen LogP contribution in [0.25, 0.3) is 49.7 Å². The van der Waals surface area contributed by atoms with Gasteiger partial charge in [0.05, 0.1) is 16.4 Å². The highest BCUT2D eigenvalue weighted by Crippen LogP contribution is 2.63. The quantitative estimate of drug-likeness (QED) is 0.151. The third-order valence-electron chi connectivity index (χ3n) is 12.6. The third-order valence-corrected chi connectivity index (χ3v) is 12.6. The van der Waals surface area contributed by atoms with Crippen molar-refractivity contribution in [2.75, 3.05) is 4.90 Å². The first-order valence-corrected chi connectivity index (χ1v) is 20.6. The second kappa shape index (κ2) is 13.2. The number of aromatic nitrogens is 1. The van der Waals surface area contributed by atoms with Gasteiger partial charge >= 0.3 is 0 Å². The van der Waals surface area contributed by atoms with Crippen molar-refractivity contribution in [1.82, 2.24) is 4.57 Å². The molecule has 0 fully saturated rings. The molecule has 2 aliphatic carbocycles. The third kappa shape index (κ3) is 4.96. The lowest BCUT2D eigenvalue weighted by molar-refractivity contribution is 0.793. The smallest absolute Gasteiger partial charge is 0.0726 e. The highest BCUT2D eigenvalue weighted by molar-refractivity contribution is 6.10. The Morgan fingerprint density at radius 2 is 0.860 bits per heavy atom. The molecular formula is C55H44N2. The van der Waals surface area contributed by atoms with E-state index in [-0.39, 0.29) is 0 Å². The van der Waals surface area contributed by atoms with Crippen molar-refractivity contribution in [2.45, 2.75) is 44.9 Å². The van der Waals surface area contributed by atoms with Crippen LogP contribution in [-0.2, 0) is 18.3 Å². The Kier molecular flexibility index (Phi) is 7.83. The maximum Gasteiger partial charge on any atom is 0.0726 e. The second-order valence-electron chi connectivity index (χ2n) is 15.8. The van der Waals surface area contributed by atoms with Gasteiger partial charge < -0.3 is 9.47 Å². The molecule has 274 valence electrons. The zero-order valence-corrected chi connectivity index (χ0v) is 32.5. The zero-order chi connectivity index (χ0) is 38.1. The van der Waals surface area contributed by atoms with Crippen LogP contribution in [0.3, 0.4) is 0 Å². The van der Waals surface area contributed by atoms with E-state index in [2.05, 4.69) is 205 Å². The van der Waals surface area contributed by atoms with Gasteiger partial charge in [0.2, 0.25) is 0 Å². The molecule has 0 saturated heterocycles. The van der Waals surface area contributed by atoms with Crippen molar-refractivity contribution in [2.24, 2.45) is 0 Å². The molecule has 2 heteroatoms. The number of hydrogen-bond acceptors (Lipinski definition) is 1. The largest absolute Gasteiger partial charge is 0.310 e. The number of anilines is 3. The van der Waals surface area contributed by atoms with Gasteiger partial charge in [0.15, 0.2) is 0 Å². The summed E-state index contributed by atoms with van der Waals surface area (Å²) in [5.41, 5.74) is 20.2. The van der Waals surface area contributed by atoms with Crippen LogP contribution < -0.4 is 4.90 Å². The summed E-state index contributed by atoms with van der Waals surface area (Å²) in [6.45, 7) is 4.53. The first-order chi connectivity index (χ1) is 28.2. The number of aryl methyl sites for hydroxylation is 2. The van der Waals surface area contributed by atoms with Crippen LogP contribution in [0.2, 0.25) is 0 Å². The summed E-state index contributed by atoms with van der Waals surface area (Å²) in [6.07, 6.45) is 4.47. The molecule has 0 atom stereocenters. The van der Waals surface area contributed by atoms with Gasteiger partial charge in [-0.3, -0.25) is 0 Å². The Bertz CT molecular complexity index is 2860. The molecule has 11 rings (SSSR count). The Morgan fingerprint density at radius 3 is 1.39 bits per heavy atom. The average Bonchev–Trinajstić information content (AvgIpc) is 3.86. The molecule has 8 aromatic carbocycles. The Labute approximate surface area is 335 Å². The lowest BCUT2D eigenvalue weighted by Crippen LogP contribution is -2.26. The minimum Gasteiger partial charge on any atom is -0.310 e. The summed E-state index contributed by atoms with van der Waals surface area (Å²) in [6, 6.07) is 68.5. The van der Waals surface area contributed by atoms with E-state index in [0.29, 0.717) is 0 Å². The van der Waals surface area contributed by atoms with Crippen LogP contribution in [0.5, 0.6) is 0 Å². The minimum atomic E-state index is -0.397. The van der Waals surface area contributed by atoms with Crippen molar-refractivity contribution in [3.05, 3.63) is 215 Å². The molecule has 0 bridgehead atoms. The van der Waals surface area contributed by atoms with Gasteiger partial charge in [-0.15, -0.1) is 0 Å². The minimum absolute atomic E-state index is 0.397. The first-order valence-electron chi connectivity index (χ1n) is 20.6. The molecule has 0 aliphatic heterocycles. The van der Waals surface area contributed by atoms with E-state index >= 15 is 0 Å². The zero-order valence-electron chi connectivity index (χ0n) is 32.5. The molecule has 0 amide bonds. The maximum atomic E-state index is 2.48. The van der Waals surface area contributed by atoms with Crippen molar-refractivity contribution < 1.29 is 0 Å². The van der Waals surface area contributed by atoms with Crippen molar-refractivity contribution in [1.29, 1.82) is 0 Å². The SMILES string of the molecule is CCCc1ccc2c(c1)c1cc(CCC)ccc1n2-c1ccc(N(c2ccccc2)c2ccc3c(c2)C2(c4ccccc4-c4ccccc42)c2ccccc2-3)cc1. The summed E-state index contributed by atoms with van der Waals surface area (Å²) in [4.78, 5) is 2.42. The van der Waals surface area contributed by atoms with Crippen LogP contribution in [0.4, 0.5) is 17.1 Å². The monoisotopic (exact) mass is 732 g/mol. The molecule has 2 aliphatic rings. The first kappa shape index (κ1) is 33.7. The fraction of sp³-hybridized carbons (Fsp3) is 0.127. The molecule has 57 heavy (non-hydrogen) atoms. The number of benzene rings is 8. The van der Waals surface area contributed by atoms with Crippen LogP contribution >= 0.6 is 0 Å². The molecule has 0 N–H and O–H groups in total. The van der Waals surface area contributed by atoms with Gasteiger partial charge in [-0.05, 0) is 141 Å². The van der Waals surface area contributed by atoms with Crippen molar-refractivity contribution in [3.63, 3.8) is 0 Å². The fourth-order valence-electron chi connectivity index (χ4n) is 10.3. The Morgan fingerprint density at radius 1 is 0.404 bits per heavy atom. The summed E-state index contributed by atoms with van der Waals surface area (Å²) in [7, 11) is 0. The summed E-state index contributed by atoms with van der Waals surface area (Å²) in [5, 5.41) is 2.68. The maximum absolute atomic E-state index is 2.48. The van der Waals surface area contributed by atoms with E-state index in [1.54, 1.807) is 0 Å². The average molecular weight is 733 g/mol. The Hall–Kier alpha value is -6.64. The summed E-state index contributed by atoms with van der Waals surface area (Å²) < 4.78 is 2.46. The van der Waals surface area contributed by atoms with Crippen molar-refractivity contribution >= 4 is 38.9 Å². The van der Waals surface area contributed by atoms with Gasteiger partial charge in [-0.1, -0.05) is 136 Å². The van der Waals surface area contributed by atoms with Crippen LogP contribution in [0.1, 0.15) is 60.1 Å². The van der Waals surface area contributed by atoms with Crippen LogP contribution in [-0.4, -0.2) is 4.57 Å². The number of fused-ring (bicyclic) bond motifs is 13. The molecule has 9 aromatic rings. The molecule has 1 aromatic heterocycles. The van der Waals surface area contributed by atoms with E-state index in [1.165, 1.54) is 83.1 Å². The Balaban J connectivity index is 1.08. The number of rotatable bonds is 8. The lowest BCUT2D eigenvalue weighted by Gasteiger charge is -2.32. The second-order valence-corrected chi connectivity index (χ2v) is 15.8. The number of nitrogens with zero attached hydrogens (tertiary/aromatic N) is 2. The van der Waals surface area contributed by atoms with E-state index in [4.69, 9.17) is 0 Å². The van der Waals surface area contributed by atoms with Crippen LogP contribution in [0.15, 0.2) is 182 Å². The number of hydrogen-bond donors (Lipinski definition) is 0. The van der Waals surface area contributed by atoms with E-state index in [1.807, 2.05) is 0 Å². The van der Waals surface area contributed by atoms with Gasteiger partial charge in [-0.2, -0.15) is 0 Å². The molecule has 2 nitrogen and oxygen atoms in total. The van der Waals surface area contributed by atoms with Gasteiger partial charge in [-0.25, -0.2) is 0 Å². The van der Waals surface area contributed by atoms with Gasteiger partial charge in [0, 0.05) is 33.5 Å². The van der Waals surface area contributed by atoms with Crippen molar-refractivity contribution in [3.8, 4) is 27.9 Å². The van der Waals surface area contributed by atoms with Gasteiger partial charge in [0.1, 0.15) is 0 Å². The molecule has 1 spiro atoms. The molecule has 0 unspecified atom stereocenters.